The highest BCUT2D eigenvalue weighted by atomic mass is 19.1. The third-order valence-electron chi connectivity index (χ3n) is 3.51. The van der Waals surface area contributed by atoms with Gasteiger partial charge in [-0.2, -0.15) is 0 Å². The molecule has 0 spiro atoms. The number of hydrogen-bond donors (Lipinski definition) is 2. The first kappa shape index (κ1) is 12.8. The Labute approximate surface area is 105 Å². The summed E-state index contributed by atoms with van der Waals surface area (Å²) in [4.78, 5) is 10.7. The average molecular weight is 253 g/mol. The third kappa shape index (κ3) is 2.46. The summed E-state index contributed by atoms with van der Waals surface area (Å²) in [5.74, 6) is -1.99. The second kappa shape index (κ2) is 4.94. The van der Waals surface area contributed by atoms with Crippen LogP contribution in [0.5, 0.6) is 0 Å². The van der Waals surface area contributed by atoms with Crippen molar-refractivity contribution in [1.82, 2.24) is 0 Å². The van der Waals surface area contributed by atoms with Gasteiger partial charge in [0, 0.05) is 19.3 Å². The summed E-state index contributed by atoms with van der Waals surface area (Å²) in [5.41, 5.74) is 0.105. The maximum absolute atomic E-state index is 13.4. The summed E-state index contributed by atoms with van der Waals surface area (Å²) >= 11 is 0. The number of rotatable bonds is 5. The topological polar surface area (TPSA) is 58.6 Å². The van der Waals surface area contributed by atoms with Crippen LogP contribution in [0.25, 0.3) is 0 Å². The quantitative estimate of drug-likeness (QED) is 0.846. The Morgan fingerprint density at radius 1 is 1.56 bits per heavy atom. The monoisotopic (exact) mass is 253 g/mol. The van der Waals surface area contributed by atoms with Crippen molar-refractivity contribution in [2.45, 2.75) is 24.9 Å². The summed E-state index contributed by atoms with van der Waals surface area (Å²) in [6.07, 6.45) is 3.13. The van der Waals surface area contributed by atoms with Crippen molar-refractivity contribution >= 4 is 11.7 Å². The SMILES string of the molecule is COC1(CNc2ccc(C(=O)O)c(F)c2)CCC1. The molecule has 2 N–H and O–H groups in total. The van der Waals surface area contributed by atoms with Crippen LogP contribution in [0.3, 0.4) is 0 Å². The minimum Gasteiger partial charge on any atom is -0.478 e. The molecular weight excluding hydrogens is 237 g/mol. The normalized spacial score (nSPS) is 17.0. The highest BCUT2D eigenvalue weighted by Gasteiger charge is 2.36. The van der Waals surface area contributed by atoms with E-state index in [2.05, 4.69) is 5.32 Å². The second-order valence-electron chi connectivity index (χ2n) is 4.59. The van der Waals surface area contributed by atoms with E-state index in [1.807, 2.05) is 0 Å². The van der Waals surface area contributed by atoms with Crippen LogP contribution in [0, 0.1) is 5.82 Å². The van der Waals surface area contributed by atoms with Gasteiger partial charge in [-0.1, -0.05) is 0 Å². The Balaban J connectivity index is 2.02. The molecular formula is C13H16FNO3. The molecule has 1 aliphatic carbocycles. The van der Waals surface area contributed by atoms with Gasteiger partial charge in [0.25, 0.3) is 0 Å². The molecule has 1 fully saturated rings. The van der Waals surface area contributed by atoms with Gasteiger partial charge in [-0.05, 0) is 37.5 Å². The van der Waals surface area contributed by atoms with Crippen molar-refractivity contribution in [1.29, 1.82) is 0 Å². The number of carboxylic acid groups (broad SMARTS) is 1. The van der Waals surface area contributed by atoms with E-state index in [0.29, 0.717) is 12.2 Å². The van der Waals surface area contributed by atoms with Gasteiger partial charge >= 0.3 is 5.97 Å². The maximum Gasteiger partial charge on any atom is 0.338 e. The zero-order valence-electron chi connectivity index (χ0n) is 10.2. The Morgan fingerprint density at radius 3 is 2.72 bits per heavy atom. The lowest BCUT2D eigenvalue weighted by molar-refractivity contribution is -0.0601. The molecule has 98 valence electrons. The van der Waals surface area contributed by atoms with Crippen molar-refractivity contribution in [3.63, 3.8) is 0 Å². The number of anilines is 1. The van der Waals surface area contributed by atoms with E-state index in [4.69, 9.17) is 9.84 Å². The molecule has 0 amide bonds. The number of methoxy groups -OCH3 is 1. The van der Waals surface area contributed by atoms with Crippen molar-refractivity contribution in [2.24, 2.45) is 0 Å². The molecule has 0 atom stereocenters. The number of nitrogens with one attached hydrogen (secondary N) is 1. The molecule has 18 heavy (non-hydrogen) atoms. The standard InChI is InChI=1S/C13H16FNO3/c1-18-13(5-2-6-13)8-15-9-3-4-10(12(16)17)11(14)7-9/h3-4,7,15H,2,5-6,8H2,1H3,(H,16,17). The zero-order chi connectivity index (χ0) is 13.2. The Morgan fingerprint density at radius 2 is 2.28 bits per heavy atom. The highest BCUT2D eigenvalue weighted by Crippen LogP contribution is 2.35. The molecule has 0 radical (unpaired) electrons. The molecule has 2 rings (SSSR count). The number of hydrogen-bond acceptors (Lipinski definition) is 3. The lowest BCUT2D eigenvalue weighted by atomic mass is 9.80. The summed E-state index contributed by atoms with van der Waals surface area (Å²) in [6, 6.07) is 4.03. The number of aromatic carboxylic acids is 1. The van der Waals surface area contributed by atoms with E-state index in [-0.39, 0.29) is 11.2 Å². The van der Waals surface area contributed by atoms with Crippen LogP contribution >= 0.6 is 0 Å². The molecule has 1 aliphatic rings. The fourth-order valence-electron chi connectivity index (χ4n) is 2.09. The van der Waals surface area contributed by atoms with E-state index in [9.17, 15) is 9.18 Å². The minimum absolute atomic E-state index is 0.151. The number of carbonyl (C=O) groups is 1. The van der Waals surface area contributed by atoms with Gasteiger partial charge in [0.15, 0.2) is 0 Å². The summed E-state index contributed by atoms with van der Waals surface area (Å²) in [6.45, 7) is 0.607. The first-order valence-corrected chi connectivity index (χ1v) is 5.88. The molecule has 4 nitrogen and oxygen atoms in total. The van der Waals surface area contributed by atoms with Crippen LogP contribution in [0.2, 0.25) is 0 Å². The Bertz CT molecular complexity index is 452. The molecule has 0 aliphatic heterocycles. The van der Waals surface area contributed by atoms with Crippen LogP contribution in [0.1, 0.15) is 29.6 Å². The summed E-state index contributed by atoms with van der Waals surface area (Å²) < 4.78 is 18.9. The Hall–Kier alpha value is -1.62. The van der Waals surface area contributed by atoms with Crippen LogP contribution in [-0.4, -0.2) is 30.3 Å². The van der Waals surface area contributed by atoms with Gasteiger partial charge in [0.2, 0.25) is 0 Å². The lowest BCUT2D eigenvalue weighted by Crippen LogP contribution is -2.45. The minimum atomic E-state index is -1.26. The molecule has 0 heterocycles. The fraction of sp³-hybridized carbons (Fsp3) is 0.462. The van der Waals surface area contributed by atoms with Crippen molar-refractivity contribution < 1.29 is 19.0 Å². The molecule has 5 heteroatoms. The van der Waals surface area contributed by atoms with Crippen molar-refractivity contribution in [3.8, 4) is 0 Å². The molecule has 1 saturated carbocycles. The molecule has 0 aromatic heterocycles. The van der Waals surface area contributed by atoms with Crippen LogP contribution in [-0.2, 0) is 4.74 Å². The van der Waals surface area contributed by atoms with Gasteiger partial charge in [0.1, 0.15) is 5.82 Å². The van der Waals surface area contributed by atoms with Crippen molar-refractivity contribution in [2.75, 3.05) is 19.0 Å². The predicted octanol–water partition coefficient (Wildman–Crippen LogP) is 2.50. The summed E-state index contributed by atoms with van der Waals surface area (Å²) in [5, 5.41) is 11.8. The van der Waals surface area contributed by atoms with Crippen molar-refractivity contribution in [3.05, 3.63) is 29.6 Å². The van der Waals surface area contributed by atoms with Gasteiger partial charge in [-0.3, -0.25) is 0 Å². The molecule has 1 aromatic rings. The summed E-state index contributed by atoms with van der Waals surface area (Å²) in [7, 11) is 1.68. The number of halogens is 1. The van der Waals surface area contributed by atoms with E-state index in [1.165, 1.54) is 12.1 Å². The highest BCUT2D eigenvalue weighted by molar-refractivity contribution is 5.88. The van der Waals surface area contributed by atoms with E-state index >= 15 is 0 Å². The van der Waals surface area contributed by atoms with Gasteiger partial charge in [-0.25, -0.2) is 9.18 Å². The van der Waals surface area contributed by atoms with E-state index < -0.39 is 11.8 Å². The van der Waals surface area contributed by atoms with Crippen LogP contribution < -0.4 is 5.32 Å². The first-order valence-electron chi connectivity index (χ1n) is 5.88. The lowest BCUT2D eigenvalue weighted by Gasteiger charge is -2.40. The third-order valence-corrected chi connectivity index (χ3v) is 3.51. The largest absolute Gasteiger partial charge is 0.478 e. The molecule has 1 aromatic carbocycles. The number of benzene rings is 1. The Kier molecular flexibility index (Phi) is 3.52. The van der Waals surface area contributed by atoms with Crippen LogP contribution in [0.15, 0.2) is 18.2 Å². The molecule has 0 bridgehead atoms. The average Bonchev–Trinajstić information content (AvgIpc) is 2.27. The van der Waals surface area contributed by atoms with Gasteiger partial charge in [0.05, 0.1) is 11.2 Å². The smallest absolute Gasteiger partial charge is 0.338 e. The van der Waals surface area contributed by atoms with E-state index in [1.54, 1.807) is 13.2 Å². The van der Waals surface area contributed by atoms with E-state index in [0.717, 1.165) is 19.3 Å². The number of ether oxygens (including phenoxy) is 1. The zero-order valence-corrected chi connectivity index (χ0v) is 10.2. The second-order valence-corrected chi connectivity index (χ2v) is 4.59. The first-order chi connectivity index (χ1) is 8.56. The molecule has 0 saturated heterocycles. The van der Waals surface area contributed by atoms with Crippen LogP contribution in [0.4, 0.5) is 10.1 Å². The predicted molar refractivity (Wildman–Crippen MR) is 65.4 cm³/mol. The van der Waals surface area contributed by atoms with Gasteiger partial charge in [-0.15, -0.1) is 0 Å². The number of carboxylic acids is 1. The molecule has 0 unspecified atom stereocenters. The fourth-order valence-corrected chi connectivity index (χ4v) is 2.09. The maximum atomic E-state index is 13.4. The van der Waals surface area contributed by atoms with Gasteiger partial charge < -0.3 is 15.2 Å².